The summed E-state index contributed by atoms with van der Waals surface area (Å²) in [6.07, 6.45) is -5.70. The molecule has 0 aliphatic carbocycles. The first-order valence-electron chi connectivity index (χ1n) is 6.08. The average molecular weight is 334 g/mol. The Balaban J connectivity index is 2.43. The number of carbonyl (C=O) groups is 1. The van der Waals surface area contributed by atoms with Crippen LogP contribution in [0.1, 0.15) is 17.1 Å². The zero-order valence-corrected chi connectivity index (χ0v) is 12.6. The van der Waals surface area contributed by atoms with Gasteiger partial charge in [-0.15, -0.1) is 11.8 Å². The number of ether oxygens (including phenoxy) is 1. The number of nitriles is 1. The molecule has 0 atom stereocenters. The number of halogens is 3. The number of hydrogen-bond acceptors (Lipinski definition) is 6. The number of amides is 1. The van der Waals surface area contributed by atoms with Crippen LogP contribution in [0.25, 0.3) is 0 Å². The van der Waals surface area contributed by atoms with Crippen LogP contribution in [0.2, 0.25) is 0 Å². The van der Waals surface area contributed by atoms with E-state index in [0.29, 0.717) is 27.9 Å². The van der Waals surface area contributed by atoms with E-state index in [0.717, 1.165) is 0 Å². The fourth-order valence-corrected chi connectivity index (χ4v) is 2.35. The molecule has 0 saturated carbocycles. The molecule has 1 aromatic heterocycles. The lowest BCUT2D eigenvalue weighted by Crippen LogP contribution is -2.30. The number of carbonyl (C=O) groups excluding carboxylic acids is 1. The van der Waals surface area contributed by atoms with Crippen molar-refractivity contribution < 1.29 is 22.7 Å². The maximum Gasteiger partial charge on any atom is 0.422 e. The Morgan fingerprint density at radius 3 is 2.68 bits per heavy atom. The van der Waals surface area contributed by atoms with Gasteiger partial charge in [-0.3, -0.25) is 0 Å². The summed E-state index contributed by atoms with van der Waals surface area (Å²) in [5.41, 5.74) is 0.894. The fourth-order valence-electron chi connectivity index (χ4n) is 1.41. The molecule has 120 valence electrons. The van der Waals surface area contributed by atoms with Gasteiger partial charge in [0.05, 0.1) is 5.69 Å². The first-order valence-corrected chi connectivity index (χ1v) is 7.07. The average Bonchev–Trinajstić information content (AvgIpc) is 2.40. The second-order valence-electron chi connectivity index (χ2n) is 4.11. The Morgan fingerprint density at radius 2 is 2.09 bits per heavy atom. The minimum Gasteiger partial charge on any atom is -0.440 e. The summed E-state index contributed by atoms with van der Waals surface area (Å²) in [5.74, 6) is 0.836. The summed E-state index contributed by atoms with van der Waals surface area (Å²) < 4.78 is 39.5. The molecule has 1 amide bonds. The zero-order chi connectivity index (χ0) is 16.8. The van der Waals surface area contributed by atoms with Crippen molar-refractivity contribution in [1.29, 1.82) is 5.26 Å². The van der Waals surface area contributed by atoms with Crippen LogP contribution in [0.4, 0.5) is 18.0 Å². The molecule has 10 heteroatoms. The number of rotatable bonds is 5. The first kappa shape index (κ1) is 18.0. The minimum atomic E-state index is -4.55. The SMILES string of the molecule is Cc1nc(C)c(C#N)c(SCCNC(=O)OCC(F)(F)F)n1. The zero-order valence-electron chi connectivity index (χ0n) is 11.8. The van der Waals surface area contributed by atoms with Gasteiger partial charge in [-0.05, 0) is 13.8 Å². The molecule has 0 fully saturated rings. The second-order valence-corrected chi connectivity index (χ2v) is 5.20. The van der Waals surface area contributed by atoms with Gasteiger partial charge in [-0.1, -0.05) is 0 Å². The smallest absolute Gasteiger partial charge is 0.422 e. The quantitative estimate of drug-likeness (QED) is 0.505. The number of thioether (sulfide) groups is 1. The molecule has 0 saturated heterocycles. The van der Waals surface area contributed by atoms with E-state index < -0.39 is 18.9 Å². The van der Waals surface area contributed by atoms with Crippen molar-refractivity contribution in [2.75, 3.05) is 18.9 Å². The molecule has 0 aliphatic rings. The van der Waals surface area contributed by atoms with Crippen LogP contribution in [0, 0.1) is 25.2 Å². The Hall–Kier alpha value is -2.02. The van der Waals surface area contributed by atoms with Crippen LogP contribution in [0.5, 0.6) is 0 Å². The predicted molar refractivity (Wildman–Crippen MR) is 72.4 cm³/mol. The Morgan fingerprint density at radius 1 is 1.41 bits per heavy atom. The predicted octanol–water partition coefficient (Wildman–Crippen LogP) is 2.35. The Kier molecular flexibility index (Phi) is 6.42. The maximum absolute atomic E-state index is 11.8. The number of alkyl carbamates (subject to hydrolysis) is 1. The maximum atomic E-state index is 11.8. The Bertz CT molecular complexity index is 587. The van der Waals surface area contributed by atoms with E-state index in [9.17, 15) is 18.0 Å². The van der Waals surface area contributed by atoms with Crippen LogP contribution in [-0.2, 0) is 4.74 Å². The van der Waals surface area contributed by atoms with Gasteiger partial charge < -0.3 is 10.1 Å². The highest BCUT2D eigenvalue weighted by Gasteiger charge is 2.29. The van der Waals surface area contributed by atoms with Crippen LogP contribution in [0.3, 0.4) is 0 Å². The van der Waals surface area contributed by atoms with E-state index in [4.69, 9.17) is 5.26 Å². The van der Waals surface area contributed by atoms with E-state index >= 15 is 0 Å². The summed E-state index contributed by atoms with van der Waals surface area (Å²) in [4.78, 5) is 19.2. The number of alkyl halides is 3. The third-order valence-corrected chi connectivity index (χ3v) is 3.23. The van der Waals surface area contributed by atoms with Crippen LogP contribution in [0.15, 0.2) is 5.03 Å². The van der Waals surface area contributed by atoms with Crippen molar-refractivity contribution >= 4 is 17.9 Å². The van der Waals surface area contributed by atoms with Crippen LogP contribution < -0.4 is 5.32 Å². The van der Waals surface area contributed by atoms with Crippen molar-refractivity contribution in [3.05, 3.63) is 17.1 Å². The van der Waals surface area contributed by atoms with Crippen molar-refractivity contribution in [3.63, 3.8) is 0 Å². The lowest BCUT2D eigenvalue weighted by molar-refractivity contribution is -0.160. The third kappa shape index (κ3) is 6.17. The van der Waals surface area contributed by atoms with Gasteiger partial charge in [0.1, 0.15) is 22.5 Å². The molecule has 0 radical (unpaired) electrons. The molecular formula is C12H13F3N4O2S. The van der Waals surface area contributed by atoms with E-state index in [1.54, 1.807) is 13.8 Å². The summed E-state index contributed by atoms with van der Waals surface area (Å²) in [6, 6.07) is 1.99. The van der Waals surface area contributed by atoms with Crippen molar-refractivity contribution in [3.8, 4) is 6.07 Å². The normalized spacial score (nSPS) is 10.9. The molecule has 1 heterocycles. The number of aryl methyl sites for hydroxylation is 2. The van der Waals surface area contributed by atoms with E-state index in [1.165, 1.54) is 11.8 Å². The van der Waals surface area contributed by atoms with E-state index in [2.05, 4.69) is 20.0 Å². The molecule has 1 aromatic rings. The highest BCUT2D eigenvalue weighted by atomic mass is 32.2. The van der Waals surface area contributed by atoms with Crippen LogP contribution >= 0.6 is 11.8 Å². The highest BCUT2D eigenvalue weighted by molar-refractivity contribution is 7.99. The molecule has 1 N–H and O–H groups in total. The standard InChI is InChI=1S/C12H13F3N4O2S/c1-7-9(5-16)10(19-8(2)18-7)22-4-3-17-11(20)21-6-12(13,14)15/h3-4,6H2,1-2H3,(H,17,20). The van der Waals surface area contributed by atoms with E-state index in [-0.39, 0.29) is 6.54 Å². The molecular weight excluding hydrogens is 321 g/mol. The van der Waals surface area contributed by atoms with E-state index in [1.807, 2.05) is 6.07 Å². The largest absolute Gasteiger partial charge is 0.440 e. The van der Waals surface area contributed by atoms with Gasteiger partial charge in [0, 0.05) is 12.3 Å². The molecule has 0 unspecified atom stereocenters. The number of nitrogens with zero attached hydrogens (tertiary/aromatic N) is 3. The Labute approximate surface area is 129 Å². The fraction of sp³-hybridized carbons (Fsp3) is 0.500. The molecule has 1 rings (SSSR count). The van der Waals surface area contributed by atoms with Crippen molar-refractivity contribution in [2.45, 2.75) is 25.0 Å². The number of aromatic nitrogens is 2. The lowest BCUT2D eigenvalue weighted by atomic mass is 10.3. The van der Waals surface area contributed by atoms with Crippen molar-refractivity contribution in [2.24, 2.45) is 0 Å². The lowest BCUT2D eigenvalue weighted by Gasteiger charge is -2.09. The summed E-state index contributed by atoms with van der Waals surface area (Å²) in [5, 5.41) is 11.7. The second kappa shape index (κ2) is 7.84. The van der Waals surface area contributed by atoms with Gasteiger partial charge >= 0.3 is 12.3 Å². The number of nitrogens with one attached hydrogen (secondary N) is 1. The third-order valence-electron chi connectivity index (χ3n) is 2.26. The van der Waals surface area contributed by atoms with Gasteiger partial charge in [0.15, 0.2) is 6.61 Å². The molecule has 0 aliphatic heterocycles. The molecule has 0 aromatic carbocycles. The molecule has 0 spiro atoms. The first-order chi connectivity index (χ1) is 10.2. The van der Waals surface area contributed by atoms with Crippen LogP contribution in [-0.4, -0.2) is 41.1 Å². The summed E-state index contributed by atoms with van der Waals surface area (Å²) in [6.45, 7) is 1.82. The minimum absolute atomic E-state index is 0.0777. The molecule has 6 nitrogen and oxygen atoms in total. The molecule has 0 bridgehead atoms. The summed E-state index contributed by atoms with van der Waals surface area (Å²) >= 11 is 1.20. The monoisotopic (exact) mass is 334 g/mol. The number of hydrogen-bond donors (Lipinski definition) is 1. The van der Waals surface area contributed by atoms with Gasteiger partial charge in [-0.2, -0.15) is 18.4 Å². The van der Waals surface area contributed by atoms with Crippen molar-refractivity contribution in [1.82, 2.24) is 15.3 Å². The van der Waals surface area contributed by atoms with Gasteiger partial charge in [0.2, 0.25) is 0 Å². The van der Waals surface area contributed by atoms with Gasteiger partial charge in [0.25, 0.3) is 0 Å². The highest BCUT2D eigenvalue weighted by Crippen LogP contribution is 2.21. The molecule has 22 heavy (non-hydrogen) atoms. The van der Waals surface area contributed by atoms with Gasteiger partial charge in [-0.25, -0.2) is 14.8 Å². The summed E-state index contributed by atoms with van der Waals surface area (Å²) in [7, 11) is 0. The topological polar surface area (TPSA) is 87.9 Å².